The highest BCUT2D eigenvalue weighted by Gasteiger charge is 2.37. The highest BCUT2D eigenvalue weighted by atomic mass is 35.5. The van der Waals surface area contributed by atoms with E-state index in [0.29, 0.717) is 0 Å². The van der Waals surface area contributed by atoms with E-state index in [0.717, 1.165) is 18.2 Å². The second-order valence-corrected chi connectivity index (χ2v) is 3.83. The van der Waals surface area contributed by atoms with E-state index in [-0.39, 0.29) is 5.02 Å². The molecule has 0 fully saturated rings. The number of rotatable bonds is 5. The van der Waals surface area contributed by atoms with Gasteiger partial charge in [0.25, 0.3) is 5.69 Å². The zero-order valence-corrected chi connectivity index (χ0v) is 9.83. The third-order valence-corrected chi connectivity index (χ3v) is 2.41. The lowest BCUT2D eigenvalue weighted by Crippen LogP contribution is -2.32. The highest BCUT2D eigenvalue weighted by molar-refractivity contribution is 6.31. The van der Waals surface area contributed by atoms with Crippen molar-refractivity contribution in [1.29, 1.82) is 0 Å². The minimum atomic E-state index is -2.40. The Bertz CT molecular complexity index is 569. The maximum atomic E-state index is 11.8. The number of carboxylic acids is 2. The van der Waals surface area contributed by atoms with Crippen LogP contribution in [-0.4, -0.2) is 32.9 Å². The summed E-state index contributed by atoms with van der Waals surface area (Å²) < 4.78 is 0. The van der Waals surface area contributed by atoms with E-state index in [9.17, 15) is 24.5 Å². The van der Waals surface area contributed by atoms with Crippen molar-refractivity contribution in [2.45, 2.75) is 0 Å². The van der Waals surface area contributed by atoms with Crippen LogP contribution in [0.2, 0.25) is 5.02 Å². The minimum Gasteiger partial charge on any atom is -0.480 e. The smallest absolute Gasteiger partial charge is 0.325 e. The largest absolute Gasteiger partial charge is 0.480 e. The van der Waals surface area contributed by atoms with Crippen molar-refractivity contribution in [3.8, 4) is 0 Å². The second kappa shape index (κ2) is 5.44. The Morgan fingerprint density at radius 3 is 2.16 bits per heavy atom. The van der Waals surface area contributed by atoms with Gasteiger partial charge < -0.3 is 10.2 Å². The maximum Gasteiger partial charge on any atom is 0.325 e. The Morgan fingerprint density at radius 1 is 1.21 bits per heavy atom. The van der Waals surface area contributed by atoms with Gasteiger partial charge in [-0.15, -0.1) is 0 Å². The molecule has 2 N–H and O–H groups in total. The van der Waals surface area contributed by atoms with Crippen LogP contribution in [0, 0.1) is 16.0 Å². The lowest BCUT2D eigenvalue weighted by Gasteiger charge is -2.07. The minimum absolute atomic E-state index is 0.0366. The average molecular weight is 288 g/mol. The number of nitrogens with zero attached hydrogens (tertiary/aromatic N) is 1. The highest BCUT2D eigenvalue weighted by Crippen LogP contribution is 2.25. The van der Waals surface area contributed by atoms with Gasteiger partial charge in [-0.25, -0.2) is 0 Å². The number of hydrogen-bond acceptors (Lipinski definition) is 5. The molecule has 0 heterocycles. The lowest BCUT2D eigenvalue weighted by atomic mass is 9.96. The summed E-state index contributed by atoms with van der Waals surface area (Å²) in [5, 5.41) is 28.0. The second-order valence-electron chi connectivity index (χ2n) is 3.39. The number of aliphatic carboxylic acids is 2. The van der Waals surface area contributed by atoms with E-state index in [1.165, 1.54) is 0 Å². The fourth-order valence-corrected chi connectivity index (χ4v) is 1.52. The normalized spacial score (nSPS) is 10.2. The van der Waals surface area contributed by atoms with Crippen LogP contribution in [0.4, 0.5) is 5.69 Å². The first-order valence-corrected chi connectivity index (χ1v) is 5.07. The predicted molar refractivity (Wildman–Crippen MR) is 61.2 cm³/mol. The number of benzene rings is 1. The van der Waals surface area contributed by atoms with Crippen LogP contribution in [-0.2, 0) is 9.59 Å². The van der Waals surface area contributed by atoms with Gasteiger partial charge in [0.05, 0.1) is 10.5 Å². The summed E-state index contributed by atoms with van der Waals surface area (Å²) in [6.07, 6.45) is 0. The molecule has 8 nitrogen and oxygen atoms in total. The first-order chi connectivity index (χ1) is 8.75. The molecule has 0 aliphatic rings. The zero-order valence-electron chi connectivity index (χ0n) is 9.07. The van der Waals surface area contributed by atoms with Crippen LogP contribution in [0.1, 0.15) is 10.4 Å². The Balaban J connectivity index is 3.37. The molecule has 0 saturated heterocycles. The number of nitro benzene ring substituents is 1. The first-order valence-electron chi connectivity index (χ1n) is 4.69. The third kappa shape index (κ3) is 3.05. The summed E-state index contributed by atoms with van der Waals surface area (Å²) in [6, 6.07) is 2.89. The molecule has 0 saturated carbocycles. The van der Waals surface area contributed by atoms with Crippen molar-refractivity contribution in [3.05, 3.63) is 38.9 Å². The molecular weight excluding hydrogens is 282 g/mol. The van der Waals surface area contributed by atoms with Crippen LogP contribution in [0.15, 0.2) is 18.2 Å². The predicted octanol–water partition coefficient (Wildman–Crippen LogP) is 1.22. The van der Waals surface area contributed by atoms with E-state index in [2.05, 4.69) is 0 Å². The summed E-state index contributed by atoms with van der Waals surface area (Å²) >= 11 is 5.52. The zero-order chi connectivity index (χ0) is 14.7. The molecule has 0 bridgehead atoms. The van der Waals surface area contributed by atoms with Gasteiger partial charge in [-0.05, 0) is 12.1 Å². The number of nitro groups is 1. The number of carbonyl (C=O) groups is 3. The van der Waals surface area contributed by atoms with Gasteiger partial charge in [0.1, 0.15) is 0 Å². The fraction of sp³-hybridized carbons (Fsp3) is 0.100. The fourth-order valence-electron chi connectivity index (χ4n) is 1.35. The monoisotopic (exact) mass is 287 g/mol. The SMILES string of the molecule is O=C(O)C(C(=O)O)C(=O)c1ccc(Cl)cc1[N+](=O)[O-]. The van der Waals surface area contributed by atoms with Crippen LogP contribution in [0.25, 0.3) is 0 Å². The molecule has 100 valence electrons. The molecule has 1 rings (SSSR count). The number of hydrogen-bond donors (Lipinski definition) is 2. The van der Waals surface area contributed by atoms with E-state index in [1.54, 1.807) is 0 Å². The van der Waals surface area contributed by atoms with Gasteiger partial charge in [-0.2, -0.15) is 0 Å². The van der Waals surface area contributed by atoms with Crippen LogP contribution in [0.3, 0.4) is 0 Å². The molecule has 1 aromatic carbocycles. The van der Waals surface area contributed by atoms with Crippen molar-refractivity contribution in [2.24, 2.45) is 5.92 Å². The molecule has 0 atom stereocenters. The van der Waals surface area contributed by atoms with Gasteiger partial charge in [-0.1, -0.05) is 11.6 Å². The molecule has 0 aliphatic carbocycles. The van der Waals surface area contributed by atoms with Gasteiger partial charge in [0.2, 0.25) is 5.92 Å². The van der Waals surface area contributed by atoms with Crippen molar-refractivity contribution in [2.75, 3.05) is 0 Å². The van der Waals surface area contributed by atoms with Gasteiger partial charge in [-0.3, -0.25) is 24.5 Å². The number of carboxylic acid groups (broad SMARTS) is 2. The van der Waals surface area contributed by atoms with Crippen molar-refractivity contribution >= 4 is 35.0 Å². The molecule has 9 heteroatoms. The Kier molecular flexibility index (Phi) is 4.18. The van der Waals surface area contributed by atoms with E-state index < -0.39 is 39.8 Å². The van der Waals surface area contributed by atoms with Crippen molar-refractivity contribution < 1.29 is 29.5 Å². The quantitative estimate of drug-likeness (QED) is 0.359. The Labute approximate surface area is 110 Å². The lowest BCUT2D eigenvalue weighted by molar-refractivity contribution is -0.385. The maximum absolute atomic E-state index is 11.8. The van der Waals surface area contributed by atoms with Crippen molar-refractivity contribution in [3.63, 3.8) is 0 Å². The standard InChI is InChI=1S/C10H6ClNO7/c11-4-1-2-5(6(3-4)12(18)19)8(13)7(9(14)15)10(16)17/h1-3,7H,(H,14,15)(H,16,17). The van der Waals surface area contributed by atoms with E-state index in [4.69, 9.17) is 21.8 Å². The molecule has 0 unspecified atom stereocenters. The first kappa shape index (κ1) is 14.6. The molecular formula is C10H6ClNO7. The summed E-state index contributed by atoms with van der Waals surface area (Å²) in [6.45, 7) is 0. The Morgan fingerprint density at radius 2 is 1.74 bits per heavy atom. The summed E-state index contributed by atoms with van der Waals surface area (Å²) in [4.78, 5) is 43.0. The van der Waals surface area contributed by atoms with Crippen LogP contribution in [0.5, 0.6) is 0 Å². The van der Waals surface area contributed by atoms with Crippen LogP contribution < -0.4 is 0 Å². The molecule has 1 aromatic rings. The molecule has 0 aromatic heterocycles. The molecule has 19 heavy (non-hydrogen) atoms. The average Bonchev–Trinajstić information content (AvgIpc) is 2.27. The number of halogens is 1. The summed E-state index contributed by atoms with van der Waals surface area (Å²) in [5.74, 6) is -7.59. The number of Topliss-reactive ketones (excluding diaryl/α,β-unsaturated/α-hetero) is 1. The van der Waals surface area contributed by atoms with Crippen LogP contribution >= 0.6 is 11.6 Å². The van der Waals surface area contributed by atoms with Crippen molar-refractivity contribution in [1.82, 2.24) is 0 Å². The van der Waals surface area contributed by atoms with Gasteiger partial charge in [0.15, 0.2) is 5.78 Å². The summed E-state index contributed by atoms with van der Waals surface area (Å²) in [5.41, 5.74) is -1.37. The van der Waals surface area contributed by atoms with E-state index in [1.807, 2.05) is 0 Å². The molecule has 0 amide bonds. The molecule has 0 radical (unpaired) electrons. The topological polar surface area (TPSA) is 135 Å². The molecule has 0 aliphatic heterocycles. The van der Waals surface area contributed by atoms with Gasteiger partial charge in [0, 0.05) is 11.1 Å². The molecule has 0 spiro atoms. The summed E-state index contributed by atoms with van der Waals surface area (Å²) in [7, 11) is 0. The third-order valence-electron chi connectivity index (χ3n) is 2.18. The number of carbonyl (C=O) groups excluding carboxylic acids is 1. The Hall–Kier alpha value is -2.48. The van der Waals surface area contributed by atoms with E-state index >= 15 is 0 Å². The van der Waals surface area contributed by atoms with Gasteiger partial charge >= 0.3 is 11.9 Å². The number of ketones is 1.